The lowest BCUT2D eigenvalue weighted by atomic mass is 10.1. The molecule has 0 N–H and O–H groups in total. The van der Waals surface area contributed by atoms with E-state index in [9.17, 15) is 4.79 Å². The van der Waals surface area contributed by atoms with E-state index in [1.54, 1.807) is 0 Å². The van der Waals surface area contributed by atoms with Crippen molar-refractivity contribution >= 4 is 17.5 Å². The molecule has 0 atom stereocenters. The van der Waals surface area contributed by atoms with Crippen LogP contribution in [0.2, 0.25) is 0 Å². The van der Waals surface area contributed by atoms with Gasteiger partial charge in [-0.05, 0) is 32.9 Å². The minimum atomic E-state index is 0.0632. The van der Waals surface area contributed by atoms with E-state index in [0.717, 1.165) is 44.8 Å². The fourth-order valence-electron chi connectivity index (χ4n) is 2.45. The van der Waals surface area contributed by atoms with Crippen LogP contribution in [0.25, 0.3) is 0 Å². The lowest BCUT2D eigenvalue weighted by molar-refractivity contribution is 0.0760. The maximum Gasteiger partial charge on any atom is 0.255 e. The monoisotopic (exact) mass is 296 g/mol. The normalized spacial score (nSPS) is 17.1. The van der Waals surface area contributed by atoms with Crippen molar-refractivity contribution in [3.63, 3.8) is 0 Å². The molecule has 0 spiro atoms. The highest BCUT2D eigenvalue weighted by Crippen LogP contribution is 2.12. The van der Waals surface area contributed by atoms with Gasteiger partial charge in [-0.3, -0.25) is 4.79 Å². The lowest BCUT2D eigenvalue weighted by Gasteiger charge is -2.22. The van der Waals surface area contributed by atoms with Crippen molar-refractivity contribution in [3.05, 3.63) is 23.0 Å². The molecule has 5 nitrogen and oxygen atoms in total. The molecule has 110 valence electrons. The number of aryl methyl sites for hydroxylation is 2. The summed E-state index contributed by atoms with van der Waals surface area (Å²) in [4.78, 5) is 16.8. The smallest absolute Gasteiger partial charge is 0.255 e. The first kappa shape index (κ1) is 15.2. The molecule has 1 aromatic heterocycles. The van der Waals surface area contributed by atoms with Crippen molar-refractivity contribution in [2.75, 3.05) is 38.6 Å². The molecule has 2 rings (SSSR count). The van der Waals surface area contributed by atoms with Crippen molar-refractivity contribution in [3.8, 4) is 0 Å². The number of alkyl halides is 1. The molecule has 1 aliphatic rings. The van der Waals surface area contributed by atoms with E-state index < -0.39 is 0 Å². The Morgan fingerprint density at radius 2 is 2.05 bits per heavy atom. The Labute approximate surface area is 124 Å². The van der Waals surface area contributed by atoms with E-state index in [4.69, 9.17) is 11.6 Å². The topological polar surface area (TPSA) is 49.3 Å². The van der Waals surface area contributed by atoms with Crippen molar-refractivity contribution < 1.29 is 4.79 Å². The van der Waals surface area contributed by atoms with Crippen LogP contribution in [0.5, 0.6) is 0 Å². The van der Waals surface area contributed by atoms with Gasteiger partial charge in [0.2, 0.25) is 0 Å². The summed E-state index contributed by atoms with van der Waals surface area (Å²) in [6.45, 7) is 8.00. The molecule has 1 aliphatic heterocycles. The van der Waals surface area contributed by atoms with Crippen LogP contribution in [-0.2, 0) is 0 Å². The first-order valence-corrected chi connectivity index (χ1v) is 7.54. The average molecular weight is 297 g/mol. The van der Waals surface area contributed by atoms with Gasteiger partial charge < -0.3 is 9.80 Å². The second kappa shape index (κ2) is 6.99. The lowest BCUT2D eigenvalue weighted by Crippen LogP contribution is -2.36. The van der Waals surface area contributed by atoms with Gasteiger partial charge in [0.1, 0.15) is 0 Å². The number of halogens is 1. The molecular formula is C14H21ClN4O. The van der Waals surface area contributed by atoms with E-state index in [2.05, 4.69) is 15.1 Å². The molecule has 0 unspecified atom stereocenters. The summed E-state index contributed by atoms with van der Waals surface area (Å²) in [6, 6.07) is 1.83. The van der Waals surface area contributed by atoms with E-state index in [1.165, 1.54) is 0 Å². The van der Waals surface area contributed by atoms with Crippen LogP contribution in [0, 0.1) is 13.8 Å². The zero-order chi connectivity index (χ0) is 14.5. The average Bonchev–Trinajstić information content (AvgIpc) is 2.67. The molecule has 0 saturated carbocycles. The van der Waals surface area contributed by atoms with Crippen molar-refractivity contribution in [2.45, 2.75) is 20.3 Å². The molecule has 1 saturated heterocycles. The van der Waals surface area contributed by atoms with Gasteiger partial charge in [0.25, 0.3) is 5.91 Å². The van der Waals surface area contributed by atoms with Gasteiger partial charge in [0, 0.05) is 32.1 Å². The number of carbonyl (C=O) groups excluding carboxylic acids is 1. The van der Waals surface area contributed by atoms with Crippen LogP contribution in [0.1, 0.15) is 28.2 Å². The SMILES string of the molecule is Cc1cc(C(=O)N2CCCN(CCCl)CC2)c(C)nn1. The highest BCUT2D eigenvalue weighted by molar-refractivity contribution is 6.18. The Balaban J connectivity index is 2.07. The van der Waals surface area contributed by atoms with Gasteiger partial charge in [-0.2, -0.15) is 10.2 Å². The summed E-state index contributed by atoms with van der Waals surface area (Å²) in [5, 5.41) is 8.02. The Kier molecular flexibility index (Phi) is 5.31. The number of rotatable bonds is 3. The summed E-state index contributed by atoms with van der Waals surface area (Å²) in [5.74, 6) is 0.703. The quantitative estimate of drug-likeness (QED) is 0.793. The number of carbonyl (C=O) groups is 1. The van der Waals surface area contributed by atoms with Crippen LogP contribution in [0.15, 0.2) is 6.07 Å². The fraction of sp³-hybridized carbons (Fsp3) is 0.643. The Hall–Kier alpha value is -1.20. The first-order valence-electron chi connectivity index (χ1n) is 7.00. The van der Waals surface area contributed by atoms with Crippen molar-refractivity contribution in [2.24, 2.45) is 0 Å². The fourth-order valence-corrected chi connectivity index (χ4v) is 2.69. The van der Waals surface area contributed by atoms with Gasteiger partial charge >= 0.3 is 0 Å². The maximum atomic E-state index is 12.6. The third-order valence-corrected chi connectivity index (χ3v) is 3.78. The molecule has 1 fully saturated rings. The highest BCUT2D eigenvalue weighted by Gasteiger charge is 2.22. The van der Waals surface area contributed by atoms with Crippen molar-refractivity contribution in [1.82, 2.24) is 20.0 Å². The van der Waals surface area contributed by atoms with E-state index in [1.807, 2.05) is 24.8 Å². The molecular weight excluding hydrogens is 276 g/mol. The molecule has 0 bridgehead atoms. The minimum absolute atomic E-state index is 0.0632. The maximum absolute atomic E-state index is 12.6. The van der Waals surface area contributed by atoms with Gasteiger partial charge in [-0.1, -0.05) is 0 Å². The third kappa shape index (κ3) is 3.67. The van der Waals surface area contributed by atoms with Gasteiger partial charge in [0.05, 0.1) is 17.0 Å². The zero-order valence-electron chi connectivity index (χ0n) is 12.1. The van der Waals surface area contributed by atoms with E-state index in [-0.39, 0.29) is 5.91 Å². The highest BCUT2D eigenvalue weighted by atomic mass is 35.5. The molecule has 6 heteroatoms. The number of nitrogens with zero attached hydrogens (tertiary/aromatic N) is 4. The van der Waals surface area contributed by atoms with Gasteiger partial charge in [0.15, 0.2) is 0 Å². The number of hydrogen-bond donors (Lipinski definition) is 0. The second-order valence-electron chi connectivity index (χ2n) is 5.16. The molecule has 1 amide bonds. The van der Waals surface area contributed by atoms with E-state index >= 15 is 0 Å². The summed E-state index contributed by atoms with van der Waals surface area (Å²) >= 11 is 5.78. The summed E-state index contributed by atoms with van der Waals surface area (Å²) in [5.41, 5.74) is 2.14. The molecule has 0 aromatic carbocycles. The van der Waals surface area contributed by atoms with E-state index in [0.29, 0.717) is 17.1 Å². The van der Waals surface area contributed by atoms with Crippen LogP contribution >= 0.6 is 11.6 Å². The summed E-state index contributed by atoms with van der Waals surface area (Å²) < 4.78 is 0. The van der Waals surface area contributed by atoms with Crippen LogP contribution in [0.4, 0.5) is 0 Å². The third-order valence-electron chi connectivity index (χ3n) is 3.61. The second-order valence-corrected chi connectivity index (χ2v) is 5.54. The largest absolute Gasteiger partial charge is 0.337 e. The summed E-state index contributed by atoms with van der Waals surface area (Å²) in [6.07, 6.45) is 0.985. The Bertz CT molecular complexity index is 480. The van der Waals surface area contributed by atoms with Crippen LogP contribution in [0.3, 0.4) is 0 Å². The Morgan fingerprint density at radius 3 is 2.80 bits per heavy atom. The number of amides is 1. The molecule has 1 aromatic rings. The number of hydrogen-bond acceptors (Lipinski definition) is 4. The molecule has 20 heavy (non-hydrogen) atoms. The van der Waals surface area contributed by atoms with Gasteiger partial charge in [-0.25, -0.2) is 0 Å². The predicted octanol–water partition coefficient (Wildman–Crippen LogP) is 1.48. The zero-order valence-corrected chi connectivity index (χ0v) is 12.9. The van der Waals surface area contributed by atoms with Crippen molar-refractivity contribution in [1.29, 1.82) is 0 Å². The van der Waals surface area contributed by atoms with Gasteiger partial charge in [-0.15, -0.1) is 11.6 Å². The summed E-state index contributed by atoms with van der Waals surface area (Å²) in [7, 11) is 0. The molecule has 0 radical (unpaired) electrons. The predicted molar refractivity (Wildman–Crippen MR) is 79.2 cm³/mol. The minimum Gasteiger partial charge on any atom is -0.337 e. The number of aromatic nitrogens is 2. The molecule has 0 aliphatic carbocycles. The standard InChI is InChI=1S/C14H21ClN4O/c1-11-10-13(12(2)17-16-11)14(20)19-6-3-5-18(7-4-15)8-9-19/h10H,3-9H2,1-2H3. The van der Waals surface area contributed by atoms with Crippen LogP contribution < -0.4 is 0 Å². The first-order chi connectivity index (χ1) is 9.61. The van der Waals surface area contributed by atoms with Crippen LogP contribution in [-0.4, -0.2) is 64.5 Å². The Morgan fingerprint density at radius 1 is 1.25 bits per heavy atom. The molecule has 2 heterocycles.